The molecular formula is C25H23N. The van der Waals surface area contributed by atoms with Crippen LogP contribution >= 0.6 is 0 Å². The largest absolute Gasteiger partial charge is 0.313 e. The third-order valence-corrected chi connectivity index (χ3v) is 5.82. The van der Waals surface area contributed by atoms with Crippen LogP contribution in [0, 0.1) is 0 Å². The van der Waals surface area contributed by atoms with Gasteiger partial charge in [0.2, 0.25) is 0 Å². The Bertz CT molecular complexity index is 970. The van der Waals surface area contributed by atoms with Crippen molar-refractivity contribution in [2.45, 2.75) is 24.8 Å². The standard InChI is InChI=1S/C25H23N/c1-3-12-20-18(8-1)10-5-14-22(20)25(24-16-7-17-26-24)23-15-6-11-19-9-2-4-13-21(19)23/h1-6,8-15,24-26H,7,16-17H2/t24-/m1/s1. The summed E-state index contributed by atoms with van der Waals surface area (Å²) in [5.41, 5.74) is 2.89. The molecule has 0 bridgehead atoms. The molecule has 1 nitrogen and oxygen atoms in total. The van der Waals surface area contributed by atoms with E-state index >= 15 is 0 Å². The molecule has 0 aliphatic carbocycles. The van der Waals surface area contributed by atoms with Crippen molar-refractivity contribution in [3.8, 4) is 0 Å². The van der Waals surface area contributed by atoms with E-state index in [-0.39, 0.29) is 0 Å². The highest BCUT2D eigenvalue weighted by atomic mass is 14.9. The highest BCUT2D eigenvalue weighted by molar-refractivity contribution is 5.90. The van der Waals surface area contributed by atoms with Crippen LogP contribution in [0.1, 0.15) is 29.9 Å². The Morgan fingerprint density at radius 2 is 1.19 bits per heavy atom. The van der Waals surface area contributed by atoms with Crippen molar-refractivity contribution in [1.29, 1.82) is 0 Å². The minimum atomic E-state index is 0.370. The van der Waals surface area contributed by atoms with Gasteiger partial charge in [-0.15, -0.1) is 0 Å². The van der Waals surface area contributed by atoms with Gasteiger partial charge in [0, 0.05) is 12.0 Å². The zero-order chi connectivity index (χ0) is 17.3. The molecule has 1 aliphatic rings. The van der Waals surface area contributed by atoms with Crippen LogP contribution in [-0.2, 0) is 0 Å². The van der Waals surface area contributed by atoms with E-state index in [0.717, 1.165) is 6.54 Å². The van der Waals surface area contributed by atoms with Gasteiger partial charge in [-0.3, -0.25) is 0 Å². The molecule has 0 amide bonds. The molecule has 4 aromatic rings. The second-order valence-corrected chi connectivity index (χ2v) is 7.32. The lowest BCUT2D eigenvalue weighted by Gasteiger charge is -2.27. The Hall–Kier alpha value is -2.64. The molecule has 1 fully saturated rings. The van der Waals surface area contributed by atoms with Gasteiger partial charge in [0.1, 0.15) is 0 Å². The molecule has 26 heavy (non-hydrogen) atoms. The van der Waals surface area contributed by atoms with E-state index in [0.29, 0.717) is 12.0 Å². The number of hydrogen-bond donors (Lipinski definition) is 1. The number of benzene rings is 4. The van der Waals surface area contributed by atoms with Crippen LogP contribution in [-0.4, -0.2) is 12.6 Å². The molecule has 1 aliphatic heterocycles. The molecule has 5 rings (SSSR count). The predicted octanol–water partition coefficient (Wildman–Crippen LogP) is 5.88. The summed E-state index contributed by atoms with van der Waals surface area (Å²) in [5, 5.41) is 9.19. The molecule has 1 N–H and O–H groups in total. The van der Waals surface area contributed by atoms with Crippen LogP contribution in [0.2, 0.25) is 0 Å². The van der Waals surface area contributed by atoms with Crippen LogP contribution < -0.4 is 5.32 Å². The topological polar surface area (TPSA) is 12.0 Å². The Morgan fingerprint density at radius 3 is 1.73 bits per heavy atom. The highest BCUT2D eigenvalue weighted by Gasteiger charge is 2.29. The van der Waals surface area contributed by atoms with E-state index < -0.39 is 0 Å². The van der Waals surface area contributed by atoms with E-state index in [4.69, 9.17) is 0 Å². The Kier molecular flexibility index (Phi) is 3.95. The third-order valence-electron chi connectivity index (χ3n) is 5.82. The van der Waals surface area contributed by atoms with E-state index in [1.807, 2.05) is 0 Å². The summed E-state index contributed by atoms with van der Waals surface area (Å²) in [6, 6.07) is 31.6. The van der Waals surface area contributed by atoms with Gasteiger partial charge in [-0.2, -0.15) is 0 Å². The predicted molar refractivity (Wildman–Crippen MR) is 111 cm³/mol. The molecule has 0 saturated carbocycles. The van der Waals surface area contributed by atoms with Crippen molar-refractivity contribution in [2.24, 2.45) is 0 Å². The number of fused-ring (bicyclic) bond motifs is 2. The summed E-state index contributed by atoms with van der Waals surface area (Å²) < 4.78 is 0. The van der Waals surface area contributed by atoms with Crippen molar-refractivity contribution in [1.82, 2.24) is 5.32 Å². The minimum absolute atomic E-state index is 0.370. The lowest BCUT2D eigenvalue weighted by atomic mass is 9.80. The van der Waals surface area contributed by atoms with Gasteiger partial charge in [0.05, 0.1) is 0 Å². The summed E-state index contributed by atoms with van der Waals surface area (Å²) in [6.07, 6.45) is 2.49. The average molecular weight is 337 g/mol. The second-order valence-electron chi connectivity index (χ2n) is 7.32. The van der Waals surface area contributed by atoms with Gasteiger partial charge in [-0.25, -0.2) is 0 Å². The SMILES string of the molecule is c1ccc2c(C(c3cccc4ccccc34)[C@H]3CCCN3)cccc2c1. The zero-order valence-electron chi connectivity index (χ0n) is 14.9. The van der Waals surface area contributed by atoms with E-state index in [2.05, 4.69) is 90.2 Å². The van der Waals surface area contributed by atoms with E-state index in [1.54, 1.807) is 0 Å². The molecule has 0 radical (unpaired) electrons. The van der Waals surface area contributed by atoms with Gasteiger partial charge in [-0.1, -0.05) is 84.9 Å². The van der Waals surface area contributed by atoms with Gasteiger partial charge >= 0.3 is 0 Å². The molecule has 0 spiro atoms. The first-order chi connectivity index (χ1) is 12.9. The number of nitrogens with one attached hydrogen (secondary N) is 1. The monoisotopic (exact) mass is 337 g/mol. The van der Waals surface area contributed by atoms with Crippen LogP contribution in [0.25, 0.3) is 21.5 Å². The second kappa shape index (κ2) is 6.59. The van der Waals surface area contributed by atoms with Crippen LogP contribution in [0.3, 0.4) is 0 Å². The van der Waals surface area contributed by atoms with Gasteiger partial charge in [0.15, 0.2) is 0 Å². The maximum Gasteiger partial charge on any atom is 0.0255 e. The maximum atomic E-state index is 3.78. The summed E-state index contributed by atoms with van der Waals surface area (Å²) >= 11 is 0. The van der Waals surface area contributed by atoms with Gasteiger partial charge in [-0.05, 0) is 52.1 Å². The summed E-state index contributed by atoms with van der Waals surface area (Å²) in [7, 11) is 0. The Morgan fingerprint density at radius 1 is 0.654 bits per heavy atom. The number of hydrogen-bond acceptors (Lipinski definition) is 1. The third kappa shape index (κ3) is 2.60. The fraction of sp³-hybridized carbons (Fsp3) is 0.200. The molecule has 0 aromatic heterocycles. The molecule has 0 unspecified atom stereocenters. The first-order valence-corrected chi connectivity index (χ1v) is 9.60. The fourth-order valence-corrected chi connectivity index (χ4v) is 4.64. The van der Waals surface area contributed by atoms with Crippen LogP contribution in [0.4, 0.5) is 0 Å². The van der Waals surface area contributed by atoms with Crippen molar-refractivity contribution >= 4 is 21.5 Å². The molecule has 128 valence electrons. The van der Waals surface area contributed by atoms with Crippen molar-refractivity contribution in [3.05, 3.63) is 96.1 Å². The first kappa shape index (κ1) is 15.6. The molecule has 1 atom stereocenters. The van der Waals surface area contributed by atoms with Gasteiger partial charge in [0.25, 0.3) is 0 Å². The molecule has 1 saturated heterocycles. The van der Waals surface area contributed by atoms with Crippen molar-refractivity contribution in [2.75, 3.05) is 6.54 Å². The zero-order valence-corrected chi connectivity index (χ0v) is 14.9. The summed E-state index contributed by atoms with van der Waals surface area (Å²) in [6.45, 7) is 1.12. The average Bonchev–Trinajstić information content (AvgIpc) is 3.23. The van der Waals surface area contributed by atoms with Crippen LogP contribution in [0.5, 0.6) is 0 Å². The first-order valence-electron chi connectivity index (χ1n) is 9.60. The summed E-state index contributed by atoms with van der Waals surface area (Å²) in [5.74, 6) is 0.370. The lowest BCUT2D eigenvalue weighted by Crippen LogP contribution is -2.30. The Labute approximate surface area is 154 Å². The molecule has 1 heterocycles. The lowest BCUT2D eigenvalue weighted by molar-refractivity contribution is 0.545. The molecular weight excluding hydrogens is 314 g/mol. The maximum absolute atomic E-state index is 3.78. The normalized spacial score (nSPS) is 17.3. The van der Waals surface area contributed by atoms with Crippen molar-refractivity contribution < 1.29 is 0 Å². The molecule has 4 aromatic carbocycles. The summed E-state index contributed by atoms with van der Waals surface area (Å²) in [4.78, 5) is 0. The minimum Gasteiger partial charge on any atom is -0.313 e. The van der Waals surface area contributed by atoms with E-state index in [9.17, 15) is 0 Å². The van der Waals surface area contributed by atoms with E-state index in [1.165, 1.54) is 45.5 Å². The quantitative estimate of drug-likeness (QED) is 0.492. The van der Waals surface area contributed by atoms with Gasteiger partial charge < -0.3 is 5.32 Å². The van der Waals surface area contributed by atoms with Crippen molar-refractivity contribution in [3.63, 3.8) is 0 Å². The smallest absolute Gasteiger partial charge is 0.0255 e. The Balaban J connectivity index is 1.78. The molecule has 1 heteroatoms. The number of rotatable bonds is 3. The highest BCUT2D eigenvalue weighted by Crippen LogP contribution is 2.39. The van der Waals surface area contributed by atoms with Crippen LogP contribution in [0.15, 0.2) is 84.9 Å². The fourth-order valence-electron chi connectivity index (χ4n) is 4.64.